The van der Waals surface area contributed by atoms with Crippen LogP contribution >= 0.6 is 0 Å². The van der Waals surface area contributed by atoms with E-state index in [9.17, 15) is 14.0 Å². The number of nitrogens with zero attached hydrogens (tertiary/aromatic N) is 2. The third-order valence-electron chi connectivity index (χ3n) is 9.13. The molecule has 3 aliphatic carbocycles. The molecule has 3 saturated carbocycles. The van der Waals surface area contributed by atoms with Crippen molar-refractivity contribution in [2.24, 2.45) is 5.92 Å². The zero-order valence-corrected chi connectivity index (χ0v) is 23.4. The van der Waals surface area contributed by atoms with E-state index in [1.807, 2.05) is 6.92 Å². The van der Waals surface area contributed by atoms with Crippen molar-refractivity contribution in [2.45, 2.75) is 89.3 Å². The van der Waals surface area contributed by atoms with E-state index >= 15 is 0 Å². The Bertz CT molecular complexity index is 1270. The number of esters is 1. The van der Waals surface area contributed by atoms with Crippen molar-refractivity contribution in [1.82, 2.24) is 4.90 Å². The van der Waals surface area contributed by atoms with E-state index in [1.165, 1.54) is 48.2 Å². The molecule has 1 N–H and O–H groups in total. The molecule has 3 atom stereocenters. The summed E-state index contributed by atoms with van der Waals surface area (Å²) in [5.41, 5.74) is 5.94. The number of hydrogen-bond donors (Lipinski definition) is 1. The van der Waals surface area contributed by atoms with Crippen LogP contribution in [0.3, 0.4) is 0 Å². The van der Waals surface area contributed by atoms with E-state index in [-0.39, 0.29) is 36.3 Å². The number of fused-ring (bicyclic) bond motifs is 2. The SMILES string of the molecule is CCOC(=O)CCC(=C1CCC1)N(C1CC1)C1c2ccccc2N(CC(=O)Nc2ccc(F)cc2)C2CCCC21. The van der Waals surface area contributed by atoms with Crippen LogP contribution in [0.25, 0.3) is 0 Å². The maximum Gasteiger partial charge on any atom is 0.306 e. The molecule has 2 aromatic rings. The molecule has 7 heteroatoms. The molecule has 3 fully saturated rings. The number of ether oxygens (including phenoxy) is 1. The van der Waals surface area contributed by atoms with Crippen molar-refractivity contribution < 1.29 is 18.7 Å². The van der Waals surface area contributed by atoms with Gasteiger partial charge >= 0.3 is 5.97 Å². The molecule has 1 heterocycles. The molecule has 1 amide bonds. The topological polar surface area (TPSA) is 61.9 Å². The minimum Gasteiger partial charge on any atom is -0.466 e. The third-order valence-corrected chi connectivity index (χ3v) is 9.13. The van der Waals surface area contributed by atoms with Crippen molar-refractivity contribution in [3.63, 3.8) is 0 Å². The van der Waals surface area contributed by atoms with Gasteiger partial charge < -0.3 is 19.9 Å². The average Bonchev–Trinajstić information content (AvgIpc) is 3.64. The number of benzene rings is 2. The van der Waals surface area contributed by atoms with Gasteiger partial charge in [0.15, 0.2) is 0 Å². The molecule has 1 aliphatic heterocycles. The van der Waals surface area contributed by atoms with Gasteiger partial charge in [-0.25, -0.2) is 4.39 Å². The second-order valence-electron chi connectivity index (χ2n) is 11.7. The lowest BCUT2D eigenvalue weighted by Gasteiger charge is -2.50. The number of amides is 1. The van der Waals surface area contributed by atoms with Crippen molar-refractivity contribution in [3.05, 3.63) is 71.2 Å². The summed E-state index contributed by atoms with van der Waals surface area (Å²) in [5.74, 6) is -0.109. The predicted octanol–water partition coefficient (Wildman–Crippen LogP) is 6.74. The summed E-state index contributed by atoms with van der Waals surface area (Å²) in [6.45, 7) is 2.55. The smallest absolute Gasteiger partial charge is 0.306 e. The standard InChI is InChI=1S/C33H40FN3O3/c1-2-40-32(39)20-19-28(22-7-5-8-22)37(25-17-18-25)33-26-9-3-4-11-29(26)36(30-12-6-10-27(30)33)21-31(38)35-24-15-13-23(34)14-16-24/h3-4,9,11,13-16,25,27,30,33H,2,5-8,10,12,17-21H2,1H3,(H,35,38). The minimum absolute atomic E-state index is 0.0868. The van der Waals surface area contributed by atoms with Gasteiger partial charge in [0.05, 0.1) is 25.6 Å². The largest absolute Gasteiger partial charge is 0.466 e. The Hall–Kier alpha value is -3.35. The lowest BCUT2D eigenvalue weighted by atomic mass is 9.80. The van der Waals surface area contributed by atoms with Crippen molar-refractivity contribution in [2.75, 3.05) is 23.4 Å². The summed E-state index contributed by atoms with van der Waals surface area (Å²) >= 11 is 0. The van der Waals surface area contributed by atoms with Crippen LogP contribution in [0.5, 0.6) is 0 Å². The Kier molecular flexibility index (Phi) is 7.81. The van der Waals surface area contributed by atoms with E-state index in [0.717, 1.165) is 44.2 Å². The van der Waals surface area contributed by atoms with Crippen LogP contribution in [0.2, 0.25) is 0 Å². The molecule has 4 aliphatic rings. The molecule has 212 valence electrons. The quantitative estimate of drug-likeness (QED) is 0.335. The highest BCUT2D eigenvalue weighted by molar-refractivity contribution is 5.94. The van der Waals surface area contributed by atoms with Gasteiger partial charge in [0.2, 0.25) is 5.91 Å². The first-order chi connectivity index (χ1) is 19.5. The Morgan fingerprint density at radius 1 is 1.00 bits per heavy atom. The normalized spacial score (nSPS) is 23.1. The molecular weight excluding hydrogens is 505 g/mol. The molecule has 3 unspecified atom stereocenters. The lowest BCUT2D eigenvalue weighted by molar-refractivity contribution is -0.143. The maximum atomic E-state index is 13.4. The zero-order chi connectivity index (χ0) is 27.6. The van der Waals surface area contributed by atoms with Crippen LogP contribution in [-0.2, 0) is 14.3 Å². The van der Waals surface area contributed by atoms with E-state index in [0.29, 0.717) is 30.7 Å². The van der Waals surface area contributed by atoms with Crippen LogP contribution in [-0.4, -0.2) is 42.0 Å². The van der Waals surface area contributed by atoms with E-state index in [1.54, 1.807) is 12.1 Å². The molecule has 0 saturated heterocycles. The molecule has 0 aromatic heterocycles. The lowest BCUT2D eigenvalue weighted by Crippen LogP contribution is -2.51. The maximum absolute atomic E-state index is 13.4. The van der Waals surface area contributed by atoms with Crippen LogP contribution in [0.1, 0.15) is 82.7 Å². The number of carbonyl (C=O) groups is 2. The Balaban J connectivity index is 1.31. The number of allylic oxidation sites excluding steroid dienone is 2. The highest BCUT2D eigenvalue weighted by Crippen LogP contribution is 2.54. The van der Waals surface area contributed by atoms with Gasteiger partial charge in [0, 0.05) is 35.1 Å². The fraction of sp³-hybridized carbons (Fsp3) is 0.515. The Morgan fingerprint density at radius 3 is 2.48 bits per heavy atom. The van der Waals surface area contributed by atoms with E-state index < -0.39 is 0 Å². The number of carbonyl (C=O) groups excluding carboxylic acids is 2. The second-order valence-corrected chi connectivity index (χ2v) is 11.7. The van der Waals surface area contributed by atoms with E-state index in [2.05, 4.69) is 39.4 Å². The number of rotatable bonds is 10. The zero-order valence-electron chi connectivity index (χ0n) is 23.4. The highest BCUT2D eigenvalue weighted by Gasteiger charge is 2.49. The van der Waals surface area contributed by atoms with Crippen LogP contribution in [0, 0.1) is 11.7 Å². The number of halogens is 1. The molecule has 40 heavy (non-hydrogen) atoms. The molecule has 0 bridgehead atoms. The molecule has 0 radical (unpaired) electrons. The van der Waals surface area contributed by atoms with Gasteiger partial charge in [-0.3, -0.25) is 9.59 Å². The number of anilines is 2. The fourth-order valence-corrected chi connectivity index (χ4v) is 7.13. The molecule has 6 nitrogen and oxygen atoms in total. The summed E-state index contributed by atoms with van der Waals surface area (Å²) in [7, 11) is 0. The van der Waals surface area contributed by atoms with Crippen molar-refractivity contribution >= 4 is 23.3 Å². The summed E-state index contributed by atoms with van der Waals surface area (Å²) in [6, 6.07) is 15.6. The number of nitrogens with one attached hydrogen (secondary N) is 1. The van der Waals surface area contributed by atoms with Crippen molar-refractivity contribution in [3.8, 4) is 0 Å². The molecule has 0 spiro atoms. The van der Waals surface area contributed by atoms with Crippen LogP contribution in [0.4, 0.5) is 15.8 Å². The van der Waals surface area contributed by atoms with Crippen molar-refractivity contribution in [1.29, 1.82) is 0 Å². The molecule has 6 rings (SSSR count). The van der Waals surface area contributed by atoms with Gasteiger partial charge in [-0.05, 0) is 94.2 Å². The Labute approximate surface area is 236 Å². The second kappa shape index (κ2) is 11.6. The monoisotopic (exact) mass is 545 g/mol. The van der Waals surface area contributed by atoms with Crippen LogP contribution in [0.15, 0.2) is 59.8 Å². The van der Waals surface area contributed by atoms with Gasteiger partial charge in [-0.15, -0.1) is 0 Å². The van der Waals surface area contributed by atoms with Crippen LogP contribution < -0.4 is 10.2 Å². The summed E-state index contributed by atoms with van der Waals surface area (Å²) in [6.07, 6.45) is 10.4. The average molecular weight is 546 g/mol. The van der Waals surface area contributed by atoms with Gasteiger partial charge in [0.1, 0.15) is 5.82 Å². The summed E-state index contributed by atoms with van der Waals surface area (Å²) < 4.78 is 18.7. The van der Waals surface area contributed by atoms with E-state index in [4.69, 9.17) is 4.74 Å². The first-order valence-corrected chi connectivity index (χ1v) is 15.1. The molecular formula is C33H40FN3O3. The third kappa shape index (κ3) is 5.48. The fourth-order valence-electron chi connectivity index (χ4n) is 7.13. The van der Waals surface area contributed by atoms with Gasteiger partial charge in [0.25, 0.3) is 0 Å². The summed E-state index contributed by atoms with van der Waals surface area (Å²) in [5, 5.41) is 2.97. The highest BCUT2D eigenvalue weighted by atomic mass is 19.1. The number of para-hydroxylation sites is 1. The number of hydrogen-bond acceptors (Lipinski definition) is 5. The first kappa shape index (κ1) is 26.9. The Morgan fingerprint density at radius 2 is 1.77 bits per heavy atom. The summed E-state index contributed by atoms with van der Waals surface area (Å²) in [4.78, 5) is 30.7. The first-order valence-electron chi connectivity index (χ1n) is 15.1. The molecule has 2 aromatic carbocycles. The minimum atomic E-state index is -0.318. The van der Waals surface area contributed by atoms with Gasteiger partial charge in [-0.1, -0.05) is 30.2 Å². The van der Waals surface area contributed by atoms with Gasteiger partial charge in [-0.2, -0.15) is 0 Å². The predicted molar refractivity (Wildman–Crippen MR) is 154 cm³/mol.